The first-order chi connectivity index (χ1) is 11.6. The third-order valence-corrected chi connectivity index (χ3v) is 5.14. The summed E-state index contributed by atoms with van der Waals surface area (Å²) < 4.78 is 2.17. The quantitative estimate of drug-likeness (QED) is 0.767. The zero-order chi connectivity index (χ0) is 16.7. The number of rotatable bonds is 3. The summed E-state index contributed by atoms with van der Waals surface area (Å²) in [5.74, 6) is 0.888. The van der Waals surface area contributed by atoms with Gasteiger partial charge in [-0.3, -0.25) is 0 Å². The van der Waals surface area contributed by atoms with Crippen molar-refractivity contribution in [1.82, 2.24) is 9.55 Å². The van der Waals surface area contributed by atoms with Gasteiger partial charge in [0, 0.05) is 13.1 Å². The highest BCUT2D eigenvalue weighted by molar-refractivity contribution is 6.42. The number of aliphatic hydroxyl groups excluding tert-OH is 1. The summed E-state index contributed by atoms with van der Waals surface area (Å²) in [5, 5.41) is 11.0. The lowest BCUT2D eigenvalue weighted by Crippen LogP contribution is -2.25. The van der Waals surface area contributed by atoms with Crippen LogP contribution in [-0.2, 0) is 6.54 Å². The van der Waals surface area contributed by atoms with E-state index in [1.807, 2.05) is 36.4 Å². The Hall–Kier alpha value is -1.75. The highest BCUT2D eigenvalue weighted by Crippen LogP contribution is 2.28. The van der Waals surface area contributed by atoms with Gasteiger partial charge in [-0.1, -0.05) is 41.4 Å². The van der Waals surface area contributed by atoms with Gasteiger partial charge in [0.1, 0.15) is 0 Å². The van der Waals surface area contributed by atoms with Gasteiger partial charge in [0.15, 0.2) is 0 Å². The van der Waals surface area contributed by atoms with Crippen LogP contribution in [-0.4, -0.2) is 33.9 Å². The first-order valence-corrected chi connectivity index (χ1v) is 8.69. The van der Waals surface area contributed by atoms with Crippen molar-refractivity contribution in [1.29, 1.82) is 0 Å². The SMILES string of the molecule is OC1CCN(c2nc3ccccc3n2Cc2ccc(Cl)c(Cl)c2)C1. The summed E-state index contributed by atoms with van der Waals surface area (Å²) in [4.78, 5) is 6.93. The second kappa shape index (κ2) is 6.28. The minimum Gasteiger partial charge on any atom is -0.391 e. The lowest BCUT2D eigenvalue weighted by Gasteiger charge is -2.19. The van der Waals surface area contributed by atoms with Crippen LogP contribution in [0, 0.1) is 0 Å². The molecule has 0 bridgehead atoms. The predicted octanol–water partition coefficient (Wildman–Crippen LogP) is 3.96. The summed E-state index contributed by atoms with van der Waals surface area (Å²) in [5.41, 5.74) is 3.09. The predicted molar refractivity (Wildman–Crippen MR) is 98.1 cm³/mol. The van der Waals surface area contributed by atoms with E-state index in [4.69, 9.17) is 28.2 Å². The van der Waals surface area contributed by atoms with Crippen molar-refractivity contribution >= 4 is 40.2 Å². The molecule has 124 valence electrons. The van der Waals surface area contributed by atoms with Gasteiger partial charge in [0.05, 0.1) is 33.7 Å². The normalized spacial score (nSPS) is 17.8. The van der Waals surface area contributed by atoms with E-state index in [1.54, 1.807) is 0 Å². The summed E-state index contributed by atoms with van der Waals surface area (Å²) in [7, 11) is 0. The van der Waals surface area contributed by atoms with E-state index in [0.717, 1.165) is 35.5 Å². The third-order valence-electron chi connectivity index (χ3n) is 4.41. The Kier molecular flexibility index (Phi) is 4.12. The van der Waals surface area contributed by atoms with Crippen molar-refractivity contribution in [3.63, 3.8) is 0 Å². The molecular formula is C18H17Cl2N3O. The van der Waals surface area contributed by atoms with Crippen molar-refractivity contribution in [2.24, 2.45) is 0 Å². The number of para-hydroxylation sites is 2. The molecule has 1 fully saturated rings. The fraction of sp³-hybridized carbons (Fsp3) is 0.278. The van der Waals surface area contributed by atoms with Gasteiger partial charge in [0.2, 0.25) is 5.95 Å². The molecule has 4 nitrogen and oxygen atoms in total. The summed E-state index contributed by atoms with van der Waals surface area (Å²) in [6.07, 6.45) is 0.485. The second-order valence-corrected chi connectivity index (χ2v) is 6.94. The van der Waals surface area contributed by atoms with Crippen LogP contribution in [0.1, 0.15) is 12.0 Å². The smallest absolute Gasteiger partial charge is 0.206 e. The van der Waals surface area contributed by atoms with Crippen LogP contribution >= 0.6 is 23.2 Å². The van der Waals surface area contributed by atoms with Gasteiger partial charge >= 0.3 is 0 Å². The molecular weight excluding hydrogens is 345 g/mol. The monoisotopic (exact) mass is 361 g/mol. The van der Waals surface area contributed by atoms with Gasteiger partial charge in [-0.15, -0.1) is 0 Å². The van der Waals surface area contributed by atoms with E-state index in [9.17, 15) is 5.11 Å². The molecule has 1 aliphatic heterocycles. The molecule has 2 heterocycles. The van der Waals surface area contributed by atoms with Crippen molar-refractivity contribution in [3.8, 4) is 0 Å². The fourth-order valence-corrected chi connectivity index (χ4v) is 3.52. The molecule has 0 amide bonds. The lowest BCUT2D eigenvalue weighted by molar-refractivity contribution is 0.198. The molecule has 1 atom stereocenters. The van der Waals surface area contributed by atoms with Crippen LogP contribution in [0.2, 0.25) is 10.0 Å². The molecule has 1 aromatic heterocycles. The Morgan fingerprint density at radius 1 is 1.12 bits per heavy atom. The van der Waals surface area contributed by atoms with Crippen molar-refractivity contribution in [2.75, 3.05) is 18.0 Å². The number of imidazole rings is 1. The molecule has 6 heteroatoms. The van der Waals surface area contributed by atoms with Crippen LogP contribution in [0.3, 0.4) is 0 Å². The molecule has 4 rings (SSSR count). The average Bonchev–Trinajstić information content (AvgIpc) is 3.15. The number of nitrogens with zero attached hydrogens (tertiary/aromatic N) is 3. The number of hydrogen-bond acceptors (Lipinski definition) is 3. The first-order valence-electron chi connectivity index (χ1n) is 7.94. The van der Waals surface area contributed by atoms with Crippen molar-refractivity contribution in [3.05, 3.63) is 58.1 Å². The number of hydrogen-bond donors (Lipinski definition) is 1. The van der Waals surface area contributed by atoms with Crippen LogP contribution in [0.5, 0.6) is 0 Å². The molecule has 1 N–H and O–H groups in total. The summed E-state index contributed by atoms with van der Waals surface area (Å²) >= 11 is 12.2. The van der Waals surface area contributed by atoms with E-state index in [0.29, 0.717) is 23.1 Å². The summed E-state index contributed by atoms with van der Waals surface area (Å²) in [6, 6.07) is 13.8. The van der Waals surface area contributed by atoms with E-state index in [2.05, 4.69) is 15.5 Å². The molecule has 24 heavy (non-hydrogen) atoms. The Bertz CT molecular complexity index is 893. The molecule has 2 aromatic carbocycles. The van der Waals surface area contributed by atoms with Gasteiger partial charge in [-0.25, -0.2) is 4.98 Å². The average molecular weight is 362 g/mol. The van der Waals surface area contributed by atoms with E-state index in [-0.39, 0.29) is 6.10 Å². The minimum atomic E-state index is -0.289. The van der Waals surface area contributed by atoms with Gasteiger partial charge < -0.3 is 14.6 Å². The van der Waals surface area contributed by atoms with Crippen LogP contribution in [0.4, 0.5) is 5.95 Å². The highest BCUT2D eigenvalue weighted by Gasteiger charge is 2.25. The molecule has 1 unspecified atom stereocenters. The Balaban J connectivity index is 1.78. The molecule has 1 aliphatic rings. The maximum absolute atomic E-state index is 9.87. The number of aliphatic hydroxyl groups is 1. The minimum absolute atomic E-state index is 0.289. The number of anilines is 1. The van der Waals surface area contributed by atoms with Gasteiger partial charge in [-0.2, -0.15) is 0 Å². The maximum atomic E-state index is 9.87. The molecule has 0 aliphatic carbocycles. The largest absolute Gasteiger partial charge is 0.391 e. The third kappa shape index (κ3) is 2.86. The molecule has 0 radical (unpaired) electrons. The highest BCUT2D eigenvalue weighted by atomic mass is 35.5. The maximum Gasteiger partial charge on any atom is 0.206 e. The van der Waals surface area contributed by atoms with Crippen molar-refractivity contribution < 1.29 is 5.11 Å². The zero-order valence-electron chi connectivity index (χ0n) is 13.0. The molecule has 3 aromatic rings. The Morgan fingerprint density at radius 3 is 2.71 bits per heavy atom. The van der Waals surface area contributed by atoms with Crippen molar-refractivity contribution in [2.45, 2.75) is 19.1 Å². The molecule has 0 spiro atoms. The van der Waals surface area contributed by atoms with E-state index < -0.39 is 0 Å². The summed E-state index contributed by atoms with van der Waals surface area (Å²) in [6.45, 7) is 2.08. The number of β-amino-alcohol motifs (C(OH)–C–C–N with tert-alkyl or cyclic N) is 1. The topological polar surface area (TPSA) is 41.3 Å². The molecule has 1 saturated heterocycles. The second-order valence-electron chi connectivity index (χ2n) is 6.12. The van der Waals surface area contributed by atoms with Crippen LogP contribution < -0.4 is 4.90 Å². The number of fused-ring (bicyclic) bond motifs is 1. The Morgan fingerprint density at radius 2 is 1.96 bits per heavy atom. The fourth-order valence-electron chi connectivity index (χ4n) is 3.20. The Labute approximate surface area is 150 Å². The van der Waals surface area contributed by atoms with Crippen LogP contribution in [0.25, 0.3) is 11.0 Å². The molecule has 0 saturated carbocycles. The first kappa shape index (κ1) is 15.8. The van der Waals surface area contributed by atoms with Crippen LogP contribution in [0.15, 0.2) is 42.5 Å². The standard InChI is InChI=1S/C18H17Cl2N3O/c19-14-6-5-12(9-15(14)20)10-23-17-4-2-1-3-16(17)21-18(23)22-8-7-13(24)11-22/h1-6,9,13,24H,7-8,10-11H2. The number of benzene rings is 2. The number of aromatic nitrogens is 2. The number of halogens is 2. The lowest BCUT2D eigenvalue weighted by atomic mass is 10.2. The van der Waals surface area contributed by atoms with E-state index >= 15 is 0 Å². The van der Waals surface area contributed by atoms with Gasteiger partial charge in [0.25, 0.3) is 0 Å². The zero-order valence-corrected chi connectivity index (χ0v) is 14.5. The van der Waals surface area contributed by atoms with E-state index in [1.165, 1.54) is 0 Å². The van der Waals surface area contributed by atoms with Gasteiger partial charge in [-0.05, 0) is 36.2 Å².